The molecule has 38 heavy (non-hydrogen) atoms. The highest BCUT2D eigenvalue weighted by Crippen LogP contribution is 2.49. The zero-order valence-corrected chi connectivity index (χ0v) is 21.2. The van der Waals surface area contributed by atoms with Gasteiger partial charge in [-0.3, -0.25) is 9.78 Å². The zero-order valence-electron chi connectivity index (χ0n) is 21.2. The van der Waals surface area contributed by atoms with Crippen molar-refractivity contribution in [2.45, 2.75) is 50.5 Å². The molecule has 5 heterocycles. The van der Waals surface area contributed by atoms with Gasteiger partial charge in [0.05, 0.1) is 24.4 Å². The average Bonchev–Trinajstić information content (AvgIpc) is 3.32. The Morgan fingerprint density at radius 3 is 2.58 bits per heavy atom. The van der Waals surface area contributed by atoms with Crippen LogP contribution in [0.15, 0.2) is 42.6 Å². The quantitative estimate of drug-likeness (QED) is 0.419. The van der Waals surface area contributed by atoms with E-state index in [1.54, 1.807) is 12.3 Å². The summed E-state index contributed by atoms with van der Waals surface area (Å²) in [7, 11) is 0. The lowest BCUT2D eigenvalue weighted by atomic mass is 9.80. The number of hydrogen-bond donors (Lipinski definition) is 1. The fraction of sp³-hybridized carbons (Fsp3) is 0.400. The molecule has 1 unspecified atom stereocenters. The van der Waals surface area contributed by atoms with E-state index in [9.17, 15) is 14.7 Å². The molecule has 1 aromatic carbocycles. The molecule has 1 amide bonds. The number of carbonyl (C=O) groups is 2. The van der Waals surface area contributed by atoms with Crippen LogP contribution in [-0.4, -0.2) is 62.7 Å². The van der Waals surface area contributed by atoms with Crippen molar-refractivity contribution in [2.75, 3.05) is 26.3 Å². The molecule has 1 atom stereocenters. The maximum Gasteiger partial charge on any atom is 0.354 e. The van der Waals surface area contributed by atoms with E-state index in [0.29, 0.717) is 44.3 Å². The lowest BCUT2D eigenvalue weighted by molar-refractivity contribution is -0.138. The van der Waals surface area contributed by atoms with Crippen molar-refractivity contribution < 1.29 is 19.4 Å². The van der Waals surface area contributed by atoms with Gasteiger partial charge < -0.3 is 19.3 Å². The Kier molecular flexibility index (Phi) is 5.65. The van der Waals surface area contributed by atoms with Gasteiger partial charge in [0.1, 0.15) is 11.7 Å². The first-order valence-corrected chi connectivity index (χ1v) is 13.6. The van der Waals surface area contributed by atoms with Crippen LogP contribution in [0, 0.1) is 0 Å². The van der Waals surface area contributed by atoms with E-state index in [0.717, 1.165) is 46.0 Å². The molecule has 3 aromatic heterocycles. The molecule has 8 heteroatoms. The molecule has 0 radical (unpaired) electrons. The number of fused-ring (bicyclic) bond motifs is 7. The lowest BCUT2D eigenvalue weighted by Crippen LogP contribution is -2.45. The van der Waals surface area contributed by atoms with Crippen molar-refractivity contribution in [1.82, 2.24) is 19.4 Å². The second kappa shape index (κ2) is 9.20. The molecule has 1 saturated carbocycles. The minimum Gasteiger partial charge on any atom is -0.477 e. The highest BCUT2D eigenvalue weighted by Gasteiger charge is 2.39. The van der Waals surface area contributed by atoms with Crippen LogP contribution in [0.2, 0.25) is 0 Å². The van der Waals surface area contributed by atoms with Gasteiger partial charge >= 0.3 is 5.97 Å². The molecule has 8 nitrogen and oxygen atoms in total. The van der Waals surface area contributed by atoms with E-state index in [1.807, 2.05) is 17.0 Å². The first-order chi connectivity index (χ1) is 18.6. The van der Waals surface area contributed by atoms with Crippen LogP contribution >= 0.6 is 0 Å². The normalized spacial score (nSPS) is 19.9. The summed E-state index contributed by atoms with van der Waals surface area (Å²) >= 11 is 0. The molecular weight excluding hydrogens is 480 g/mol. The molecule has 2 aliphatic heterocycles. The summed E-state index contributed by atoms with van der Waals surface area (Å²) in [5, 5.41) is 11.8. The van der Waals surface area contributed by atoms with E-state index >= 15 is 0 Å². The summed E-state index contributed by atoms with van der Waals surface area (Å²) in [4.78, 5) is 37.3. The molecule has 2 fully saturated rings. The molecular formula is C30H30N4O4. The predicted octanol–water partition coefficient (Wildman–Crippen LogP) is 4.95. The van der Waals surface area contributed by atoms with Crippen LogP contribution in [0.25, 0.3) is 33.2 Å². The Morgan fingerprint density at radius 1 is 0.974 bits per heavy atom. The molecule has 1 saturated heterocycles. The molecule has 1 aliphatic carbocycles. The van der Waals surface area contributed by atoms with Gasteiger partial charge in [-0.25, -0.2) is 9.78 Å². The largest absolute Gasteiger partial charge is 0.477 e. The van der Waals surface area contributed by atoms with Crippen LogP contribution in [0.4, 0.5) is 0 Å². The number of carbonyl (C=O) groups excluding carboxylic acids is 1. The number of ether oxygens (including phenoxy) is 1. The maximum atomic E-state index is 14.2. The van der Waals surface area contributed by atoms with Gasteiger partial charge in [-0.2, -0.15) is 0 Å². The smallest absolute Gasteiger partial charge is 0.354 e. The molecule has 4 aromatic rings. The first kappa shape index (κ1) is 23.3. The lowest BCUT2D eigenvalue weighted by Gasteiger charge is -2.35. The Labute approximate surface area is 220 Å². The van der Waals surface area contributed by atoms with Gasteiger partial charge in [0.25, 0.3) is 0 Å². The van der Waals surface area contributed by atoms with Gasteiger partial charge in [-0.05, 0) is 54.2 Å². The second-order valence-electron chi connectivity index (χ2n) is 10.7. The van der Waals surface area contributed by atoms with Crippen LogP contribution in [-0.2, 0) is 16.0 Å². The SMILES string of the molecule is O=C(O)c1ccc2c(C3CCCCC3)c3n(c2n1)C(C(=O)N1CCOCC1)Cc1c-3ccc2ncccc12. The Morgan fingerprint density at radius 2 is 1.79 bits per heavy atom. The molecule has 194 valence electrons. The number of morpholine rings is 1. The van der Waals surface area contributed by atoms with Gasteiger partial charge in [0, 0.05) is 42.0 Å². The Balaban J connectivity index is 1.54. The van der Waals surface area contributed by atoms with Gasteiger partial charge in [0.15, 0.2) is 5.69 Å². The zero-order chi connectivity index (χ0) is 25.8. The summed E-state index contributed by atoms with van der Waals surface area (Å²) in [6.45, 7) is 2.15. The fourth-order valence-corrected chi connectivity index (χ4v) is 6.84. The average molecular weight is 511 g/mol. The highest BCUT2D eigenvalue weighted by molar-refractivity contribution is 6.00. The number of hydrogen-bond acceptors (Lipinski definition) is 5. The van der Waals surface area contributed by atoms with Crippen molar-refractivity contribution in [1.29, 1.82) is 0 Å². The summed E-state index contributed by atoms with van der Waals surface area (Å²) in [6.07, 6.45) is 8.05. The minimum atomic E-state index is -1.06. The van der Waals surface area contributed by atoms with Crippen LogP contribution in [0.3, 0.4) is 0 Å². The van der Waals surface area contributed by atoms with Crippen molar-refractivity contribution in [3.63, 3.8) is 0 Å². The third kappa shape index (κ3) is 3.61. The van der Waals surface area contributed by atoms with Crippen LogP contribution in [0.1, 0.15) is 65.7 Å². The standard InChI is InChI=1S/C30H30N4O4/c35-29(33-13-15-38-16-14-33)25-17-22-19-7-4-12-31-23(19)10-8-20(22)27-26(18-5-2-1-3-6-18)21-9-11-24(30(36)37)32-28(21)34(25)27/h4,7-12,18,25H,1-3,5-6,13-17H2,(H,36,37). The van der Waals surface area contributed by atoms with E-state index < -0.39 is 12.0 Å². The monoisotopic (exact) mass is 510 g/mol. The molecule has 1 N–H and O–H groups in total. The van der Waals surface area contributed by atoms with Crippen LogP contribution < -0.4 is 0 Å². The van der Waals surface area contributed by atoms with E-state index in [-0.39, 0.29) is 11.6 Å². The maximum absolute atomic E-state index is 14.2. The van der Waals surface area contributed by atoms with Crippen molar-refractivity contribution in [3.05, 3.63) is 59.4 Å². The van der Waals surface area contributed by atoms with Crippen molar-refractivity contribution >= 4 is 33.8 Å². The molecule has 7 rings (SSSR count). The molecule has 0 spiro atoms. The Hall–Kier alpha value is -3.78. The number of carboxylic acids is 1. The number of benzene rings is 1. The van der Waals surface area contributed by atoms with Crippen molar-refractivity contribution in [2.24, 2.45) is 0 Å². The highest BCUT2D eigenvalue weighted by atomic mass is 16.5. The number of carboxylic acid groups (broad SMARTS) is 1. The molecule has 3 aliphatic rings. The number of amides is 1. The summed E-state index contributed by atoms with van der Waals surface area (Å²) in [5.74, 6) is -0.684. The Bertz CT molecular complexity index is 1580. The number of aromatic carboxylic acids is 1. The van der Waals surface area contributed by atoms with Gasteiger partial charge in [-0.15, -0.1) is 0 Å². The van der Waals surface area contributed by atoms with Gasteiger partial charge in [-0.1, -0.05) is 31.4 Å². The van der Waals surface area contributed by atoms with Crippen molar-refractivity contribution in [3.8, 4) is 11.3 Å². The van der Waals surface area contributed by atoms with E-state index in [2.05, 4.69) is 32.7 Å². The summed E-state index contributed by atoms with van der Waals surface area (Å²) < 4.78 is 7.61. The number of aromatic nitrogens is 3. The summed E-state index contributed by atoms with van der Waals surface area (Å²) in [5.41, 5.74) is 6.00. The fourth-order valence-electron chi connectivity index (χ4n) is 6.84. The predicted molar refractivity (Wildman–Crippen MR) is 143 cm³/mol. The van der Waals surface area contributed by atoms with E-state index in [4.69, 9.17) is 4.74 Å². The topological polar surface area (TPSA) is 97.5 Å². The number of rotatable bonds is 3. The summed E-state index contributed by atoms with van der Waals surface area (Å²) in [6, 6.07) is 11.2. The number of pyridine rings is 2. The minimum absolute atomic E-state index is 0.000857. The van der Waals surface area contributed by atoms with E-state index in [1.165, 1.54) is 24.8 Å². The third-order valence-electron chi connectivity index (χ3n) is 8.59. The molecule has 0 bridgehead atoms. The first-order valence-electron chi connectivity index (χ1n) is 13.6. The third-order valence-corrected chi connectivity index (χ3v) is 8.59. The van der Waals surface area contributed by atoms with Crippen LogP contribution in [0.5, 0.6) is 0 Å². The second-order valence-corrected chi connectivity index (χ2v) is 10.7. The number of nitrogens with zero attached hydrogens (tertiary/aromatic N) is 4. The van der Waals surface area contributed by atoms with Gasteiger partial charge in [0.2, 0.25) is 5.91 Å².